The lowest BCUT2D eigenvalue weighted by molar-refractivity contribution is 0.0600. The highest BCUT2D eigenvalue weighted by Gasteiger charge is 2.23. The molecule has 1 heterocycles. The predicted molar refractivity (Wildman–Crippen MR) is 130 cm³/mol. The minimum Gasteiger partial charge on any atom is -0.465 e. The maximum Gasteiger partial charge on any atom is 0.337 e. The van der Waals surface area contributed by atoms with Gasteiger partial charge in [-0.05, 0) is 46.8 Å². The van der Waals surface area contributed by atoms with E-state index in [0.29, 0.717) is 38.2 Å². The molecule has 0 spiro atoms. The highest BCUT2D eigenvalue weighted by atomic mass is 35.5. The van der Waals surface area contributed by atoms with E-state index >= 15 is 0 Å². The Bertz CT molecular complexity index is 1420. The Hall–Kier alpha value is -3.70. The number of benzene rings is 3. The van der Waals surface area contributed by atoms with Crippen LogP contribution in [-0.2, 0) is 11.3 Å². The third kappa shape index (κ3) is 4.32. The van der Waals surface area contributed by atoms with E-state index < -0.39 is 5.97 Å². The molecule has 0 saturated heterocycles. The van der Waals surface area contributed by atoms with Crippen molar-refractivity contribution in [1.29, 1.82) is 0 Å². The summed E-state index contributed by atoms with van der Waals surface area (Å²) < 4.78 is 6.32. The van der Waals surface area contributed by atoms with E-state index in [4.69, 9.17) is 16.3 Å². The van der Waals surface area contributed by atoms with Crippen LogP contribution in [0.1, 0.15) is 39.8 Å². The molecule has 5 nitrogen and oxygen atoms in total. The molecule has 3 aromatic carbocycles. The van der Waals surface area contributed by atoms with Gasteiger partial charge in [-0.2, -0.15) is 0 Å². The Balaban J connectivity index is 2.05. The zero-order valence-corrected chi connectivity index (χ0v) is 19.1. The van der Waals surface area contributed by atoms with Crippen LogP contribution in [0.4, 0.5) is 0 Å². The SMILES string of the molecule is CCC(=O)c1c(-c2ccccc2)c2cc(Cl)ccc2c(=O)n1Cc1cccc(C(=O)OC)c1. The summed E-state index contributed by atoms with van der Waals surface area (Å²) in [6, 6.07) is 21.5. The average Bonchev–Trinajstić information content (AvgIpc) is 2.85. The van der Waals surface area contributed by atoms with Gasteiger partial charge in [-0.3, -0.25) is 14.2 Å². The zero-order chi connectivity index (χ0) is 23.5. The van der Waals surface area contributed by atoms with Crippen LogP contribution in [0, 0.1) is 0 Å². The van der Waals surface area contributed by atoms with E-state index in [9.17, 15) is 14.4 Å². The quantitative estimate of drug-likeness (QED) is 0.272. The van der Waals surface area contributed by atoms with Gasteiger partial charge in [0.05, 0.1) is 24.9 Å². The molecule has 166 valence electrons. The number of fused-ring (bicyclic) bond motifs is 1. The first kappa shape index (κ1) is 22.5. The lowest BCUT2D eigenvalue weighted by Crippen LogP contribution is -2.28. The summed E-state index contributed by atoms with van der Waals surface area (Å²) in [5, 5.41) is 1.59. The molecule has 0 N–H and O–H groups in total. The lowest BCUT2D eigenvalue weighted by Gasteiger charge is -2.19. The first-order valence-electron chi connectivity index (χ1n) is 10.6. The molecule has 6 heteroatoms. The fraction of sp³-hybridized carbons (Fsp3) is 0.148. The number of pyridine rings is 1. The van der Waals surface area contributed by atoms with Gasteiger partial charge in [0.1, 0.15) is 0 Å². The molecule has 1 aromatic heterocycles. The molecule has 33 heavy (non-hydrogen) atoms. The van der Waals surface area contributed by atoms with Crippen LogP contribution in [0.2, 0.25) is 5.02 Å². The van der Waals surface area contributed by atoms with Gasteiger partial charge in [-0.15, -0.1) is 0 Å². The van der Waals surface area contributed by atoms with Gasteiger partial charge < -0.3 is 4.74 Å². The van der Waals surface area contributed by atoms with E-state index in [2.05, 4.69) is 0 Å². The second-order valence-electron chi connectivity index (χ2n) is 7.64. The van der Waals surface area contributed by atoms with Gasteiger partial charge in [0.25, 0.3) is 5.56 Å². The number of carbonyl (C=O) groups is 2. The number of ketones is 1. The molecule has 0 aliphatic carbocycles. The number of ether oxygens (including phenoxy) is 1. The standard InChI is InChI=1S/C27H22ClNO4/c1-3-23(30)25-24(18-9-5-4-6-10-18)22-15-20(28)12-13-21(22)26(31)29(25)16-17-8-7-11-19(14-17)27(32)33-2/h4-15H,3,16H2,1-2H3. The number of hydrogen-bond acceptors (Lipinski definition) is 4. The van der Waals surface area contributed by atoms with E-state index in [0.717, 1.165) is 5.56 Å². The summed E-state index contributed by atoms with van der Waals surface area (Å²) in [5.41, 5.74) is 2.61. The van der Waals surface area contributed by atoms with E-state index in [1.807, 2.05) is 36.4 Å². The molecule has 0 radical (unpaired) electrons. The van der Waals surface area contributed by atoms with Crippen molar-refractivity contribution in [1.82, 2.24) is 4.57 Å². The molecule has 0 bridgehead atoms. The highest BCUT2D eigenvalue weighted by molar-refractivity contribution is 6.31. The maximum atomic E-state index is 13.6. The predicted octanol–water partition coefficient (Wildman–Crippen LogP) is 5.75. The van der Waals surface area contributed by atoms with E-state index in [1.54, 1.807) is 43.3 Å². The first-order chi connectivity index (χ1) is 15.9. The average molecular weight is 460 g/mol. The first-order valence-corrected chi connectivity index (χ1v) is 10.9. The molecular formula is C27H22ClNO4. The Morgan fingerprint density at radius 3 is 2.39 bits per heavy atom. The van der Waals surface area contributed by atoms with Crippen LogP contribution in [0.5, 0.6) is 0 Å². The Labute approximate surface area is 196 Å². The molecule has 0 unspecified atom stereocenters. The zero-order valence-electron chi connectivity index (χ0n) is 18.3. The minimum absolute atomic E-state index is 0.128. The van der Waals surface area contributed by atoms with Crippen LogP contribution >= 0.6 is 11.6 Å². The van der Waals surface area contributed by atoms with Gasteiger partial charge in [0, 0.05) is 22.4 Å². The summed E-state index contributed by atoms with van der Waals surface area (Å²) in [6.45, 7) is 1.90. The van der Waals surface area contributed by atoms with Gasteiger partial charge in [0.2, 0.25) is 0 Å². The van der Waals surface area contributed by atoms with Crippen LogP contribution in [0.3, 0.4) is 0 Å². The van der Waals surface area contributed by atoms with Gasteiger partial charge in [-0.1, -0.05) is 61.0 Å². The van der Waals surface area contributed by atoms with Gasteiger partial charge >= 0.3 is 5.97 Å². The van der Waals surface area contributed by atoms with Crippen molar-refractivity contribution in [3.05, 3.63) is 105 Å². The highest BCUT2D eigenvalue weighted by Crippen LogP contribution is 2.33. The summed E-state index contributed by atoms with van der Waals surface area (Å²) in [6.07, 6.45) is 0.230. The topological polar surface area (TPSA) is 65.4 Å². The van der Waals surface area contributed by atoms with Crippen molar-refractivity contribution in [2.24, 2.45) is 0 Å². The van der Waals surface area contributed by atoms with Crippen molar-refractivity contribution in [2.75, 3.05) is 7.11 Å². The molecule has 0 amide bonds. The molecule has 0 atom stereocenters. The second kappa shape index (κ2) is 9.43. The van der Waals surface area contributed by atoms with Gasteiger partial charge in [-0.25, -0.2) is 4.79 Å². The number of esters is 1. The Morgan fingerprint density at radius 1 is 0.939 bits per heavy atom. The molecule has 0 saturated carbocycles. The number of rotatable bonds is 6. The van der Waals surface area contributed by atoms with Crippen molar-refractivity contribution in [3.8, 4) is 11.1 Å². The summed E-state index contributed by atoms with van der Waals surface area (Å²) in [4.78, 5) is 38.9. The van der Waals surface area contributed by atoms with E-state index in [1.165, 1.54) is 11.7 Å². The monoisotopic (exact) mass is 459 g/mol. The van der Waals surface area contributed by atoms with Crippen molar-refractivity contribution in [3.63, 3.8) is 0 Å². The lowest BCUT2D eigenvalue weighted by atomic mass is 9.94. The smallest absolute Gasteiger partial charge is 0.337 e. The number of halogens is 1. The molecule has 4 rings (SSSR count). The van der Waals surface area contributed by atoms with E-state index in [-0.39, 0.29) is 24.3 Å². The molecule has 0 aliphatic heterocycles. The third-order valence-electron chi connectivity index (χ3n) is 5.57. The maximum absolute atomic E-state index is 13.6. The van der Waals surface area contributed by atoms with Crippen molar-refractivity contribution >= 4 is 34.1 Å². The number of hydrogen-bond donors (Lipinski definition) is 0. The summed E-state index contributed by atoms with van der Waals surface area (Å²) in [7, 11) is 1.32. The molecule has 0 aliphatic rings. The fourth-order valence-electron chi connectivity index (χ4n) is 4.02. The molecule has 4 aromatic rings. The van der Waals surface area contributed by atoms with Crippen molar-refractivity contribution in [2.45, 2.75) is 19.9 Å². The number of aromatic nitrogens is 1. The number of nitrogens with zero attached hydrogens (tertiary/aromatic N) is 1. The molecule has 0 fully saturated rings. The van der Waals surface area contributed by atoms with Crippen LogP contribution in [0.25, 0.3) is 21.9 Å². The van der Waals surface area contributed by atoms with Crippen LogP contribution in [-0.4, -0.2) is 23.4 Å². The number of carbonyl (C=O) groups excluding carboxylic acids is 2. The van der Waals surface area contributed by atoms with Crippen LogP contribution < -0.4 is 5.56 Å². The third-order valence-corrected chi connectivity index (χ3v) is 5.80. The second-order valence-corrected chi connectivity index (χ2v) is 8.08. The van der Waals surface area contributed by atoms with Gasteiger partial charge in [0.15, 0.2) is 5.78 Å². The Kier molecular flexibility index (Phi) is 6.43. The molecular weight excluding hydrogens is 438 g/mol. The minimum atomic E-state index is -0.466. The van der Waals surface area contributed by atoms with Crippen molar-refractivity contribution < 1.29 is 14.3 Å². The normalized spacial score (nSPS) is 10.9. The van der Waals surface area contributed by atoms with Crippen LogP contribution in [0.15, 0.2) is 77.6 Å². The summed E-state index contributed by atoms with van der Waals surface area (Å²) >= 11 is 6.29. The fourth-order valence-corrected chi connectivity index (χ4v) is 4.19. The largest absolute Gasteiger partial charge is 0.465 e. The Morgan fingerprint density at radius 2 is 1.70 bits per heavy atom. The summed E-state index contributed by atoms with van der Waals surface area (Å²) in [5.74, 6) is -0.621. The number of methoxy groups -OCH3 is 1. The number of Topliss-reactive ketones (excluding diaryl/α,β-unsaturated/α-hetero) is 1.